The van der Waals surface area contributed by atoms with Crippen molar-refractivity contribution in [2.45, 2.75) is 32.4 Å². The molecule has 1 aliphatic heterocycles. The molecule has 0 unspecified atom stereocenters. The van der Waals surface area contributed by atoms with E-state index in [4.69, 9.17) is 11.6 Å². The molecular weight excluding hydrogens is 454 g/mol. The smallest absolute Gasteiger partial charge is 0.271 e. The third-order valence-electron chi connectivity index (χ3n) is 6.11. The zero-order valence-electron chi connectivity index (χ0n) is 19.1. The summed E-state index contributed by atoms with van der Waals surface area (Å²) in [4.78, 5) is 40.2. The van der Waals surface area contributed by atoms with E-state index < -0.39 is 0 Å². The van der Waals surface area contributed by atoms with Gasteiger partial charge in [0.1, 0.15) is 5.69 Å². The van der Waals surface area contributed by atoms with E-state index in [2.05, 4.69) is 36.1 Å². The molecule has 1 atom stereocenters. The molecule has 1 amide bonds. The van der Waals surface area contributed by atoms with Crippen LogP contribution in [0.2, 0.25) is 5.02 Å². The van der Waals surface area contributed by atoms with Crippen LogP contribution in [0.3, 0.4) is 0 Å². The zero-order valence-corrected chi connectivity index (χ0v) is 19.9. The highest BCUT2D eigenvalue weighted by molar-refractivity contribution is 6.33. The predicted octanol–water partition coefficient (Wildman–Crippen LogP) is 2.50. The van der Waals surface area contributed by atoms with Gasteiger partial charge in [0.2, 0.25) is 0 Å². The summed E-state index contributed by atoms with van der Waals surface area (Å²) in [5.41, 5.74) is 4.11. The highest BCUT2D eigenvalue weighted by atomic mass is 35.5. The topological polar surface area (TPSA) is 118 Å². The molecule has 34 heavy (non-hydrogen) atoms. The summed E-state index contributed by atoms with van der Waals surface area (Å²) < 4.78 is 0. The highest BCUT2D eigenvalue weighted by Crippen LogP contribution is 2.27. The maximum atomic E-state index is 12.2. The first-order valence-corrected chi connectivity index (χ1v) is 11.6. The first-order valence-electron chi connectivity index (χ1n) is 11.2. The quantitative estimate of drug-likeness (QED) is 0.557. The molecule has 0 bridgehead atoms. The van der Waals surface area contributed by atoms with E-state index in [-0.39, 0.29) is 28.2 Å². The van der Waals surface area contributed by atoms with Crippen molar-refractivity contribution in [1.29, 1.82) is 5.26 Å². The van der Waals surface area contributed by atoms with E-state index in [1.54, 1.807) is 12.3 Å². The minimum Gasteiger partial charge on any atom is -0.364 e. The SMILES string of the molecule is CCc1cc2ncc(CN3CCN(c4cnc(C(=O)NC)c(Cl)c4)[C@@H](CC#N)C3)cc2[nH]c1=O. The second-order valence-corrected chi connectivity index (χ2v) is 8.71. The van der Waals surface area contributed by atoms with Crippen LogP contribution in [-0.4, -0.2) is 58.5 Å². The van der Waals surface area contributed by atoms with E-state index in [1.807, 2.05) is 25.3 Å². The molecule has 0 saturated carbocycles. The van der Waals surface area contributed by atoms with Crippen molar-refractivity contribution < 1.29 is 4.79 Å². The van der Waals surface area contributed by atoms with E-state index in [0.717, 1.165) is 34.4 Å². The number of aryl methyl sites for hydroxylation is 1. The molecule has 1 aliphatic rings. The number of nitriles is 1. The number of hydrogen-bond donors (Lipinski definition) is 2. The Labute approximate surface area is 202 Å². The summed E-state index contributed by atoms with van der Waals surface area (Å²) in [6.07, 6.45) is 4.47. The molecular formula is C24H26ClN7O2. The number of halogens is 1. The number of hydrogen-bond acceptors (Lipinski definition) is 7. The van der Waals surface area contributed by atoms with Gasteiger partial charge in [0.15, 0.2) is 0 Å². The summed E-state index contributed by atoms with van der Waals surface area (Å²) in [5.74, 6) is -0.341. The molecule has 9 nitrogen and oxygen atoms in total. The maximum Gasteiger partial charge on any atom is 0.271 e. The van der Waals surface area contributed by atoms with E-state index in [0.29, 0.717) is 32.5 Å². The van der Waals surface area contributed by atoms with Crippen LogP contribution in [-0.2, 0) is 13.0 Å². The van der Waals surface area contributed by atoms with Crippen molar-refractivity contribution in [3.8, 4) is 6.07 Å². The second-order valence-electron chi connectivity index (χ2n) is 8.30. The van der Waals surface area contributed by atoms with Crippen molar-refractivity contribution in [1.82, 2.24) is 25.2 Å². The first-order chi connectivity index (χ1) is 16.4. The van der Waals surface area contributed by atoms with Crippen molar-refractivity contribution in [2.75, 3.05) is 31.6 Å². The number of aromatic amines is 1. The Kier molecular flexibility index (Phi) is 7.10. The summed E-state index contributed by atoms with van der Waals surface area (Å²) in [6, 6.07) is 7.76. The predicted molar refractivity (Wildman–Crippen MR) is 131 cm³/mol. The Morgan fingerprint density at radius 1 is 1.29 bits per heavy atom. The Balaban J connectivity index is 1.51. The van der Waals surface area contributed by atoms with Crippen molar-refractivity contribution >= 4 is 34.2 Å². The molecule has 0 radical (unpaired) electrons. The van der Waals surface area contributed by atoms with Gasteiger partial charge in [-0.25, -0.2) is 4.98 Å². The average molecular weight is 480 g/mol. The molecule has 1 saturated heterocycles. The third kappa shape index (κ3) is 4.88. The number of carbonyl (C=O) groups excluding carboxylic acids is 1. The fourth-order valence-electron chi connectivity index (χ4n) is 4.33. The van der Waals surface area contributed by atoms with Gasteiger partial charge in [-0.05, 0) is 30.2 Å². The van der Waals surface area contributed by atoms with Crippen LogP contribution < -0.4 is 15.8 Å². The fourth-order valence-corrected chi connectivity index (χ4v) is 4.57. The van der Waals surface area contributed by atoms with E-state index in [9.17, 15) is 14.9 Å². The number of carbonyl (C=O) groups is 1. The summed E-state index contributed by atoms with van der Waals surface area (Å²) in [7, 11) is 1.53. The van der Waals surface area contributed by atoms with Crippen molar-refractivity contribution in [3.63, 3.8) is 0 Å². The molecule has 1 fully saturated rings. The Morgan fingerprint density at radius 2 is 2.12 bits per heavy atom. The second kappa shape index (κ2) is 10.2. The number of amides is 1. The Bertz CT molecular complexity index is 1320. The van der Waals surface area contributed by atoms with Crippen LogP contribution in [0.15, 0.2) is 35.4 Å². The molecule has 176 valence electrons. The van der Waals surface area contributed by atoms with Crippen LogP contribution >= 0.6 is 11.6 Å². The van der Waals surface area contributed by atoms with Gasteiger partial charge in [-0.1, -0.05) is 18.5 Å². The molecule has 3 aromatic rings. The summed E-state index contributed by atoms with van der Waals surface area (Å²) in [5, 5.41) is 12.2. The lowest BCUT2D eigenvalue weighted by Gasteiger charge is -2.42. The lowest BCUT2D eigenvalue weighted by atomic mass is 10.1. The molecule has 0 aromatic carbocycles. The summed E-state index contributed by atoms with van der Waals surface area (Å²) >= 11 is 6.30. The maximum absolute atomic E-state index is 12.2. The molecule has 10 heteroatoms. The minimum atomic E-state index is -0.341. The molecule has 3 aromatic heterocycles. The van der Waals surface area contributed by atoms with E-state index >= 15 is 0 Å². The number of anilines is 1. The van der Waals surface area contributed by atoms with Gasteiger partial charge in [-0.2, -0.15) is 5.26 Å². The third-order valence-corrected chi connectivity index (χ3v) is 6.40. The van der Waals surface area contributed by atoms with Crippen LogP contribution in [0.25, 0.3) is 11.0 Å². The minimum absolute atomic E-state index is 0.0530. The van der Waals surface area contributed by atoms with Crippen LogP contribution in [0.5, 0.6) is 0 Å². The number of piperazine rings is 1. The van der Waals surface area contributed by atoms with Gasteiger partial charge in [-0.3, -0.25) is 19.5 Å². The van der Waals surface area contributed by atoms with Crippen LogP contribution in [0, 0.1) is 11.3 Å². The van der Waals surface area contributed by atoms with Gasteiger partial charge in [-0.15, -0.1) is 0 Å². The van der Waals surface area contributed by atoms with Crippen LogP contribution in [0.4, 0.5) is 5.69 Å². The standard InChI is InChI=1S/C24H26ClN7O2/c1-3-16-9-20-21(30-23(16)33)8-15(11-28-20)13-31-6-7-32(17(14-31)4-5-26)18-10-19(25)22(29-12-18)24(34)27-2/h8-12,17H,3-4,6-7,13-14H2,1-2H3,(H,27,34)(H,30,33)/t17-/m0/s1. The zero-order chi connectivity index (χ0) is 24.2. The number of aromatic nitrogens is 3. The molecule has 0 spiro atoms. The van der Waals surface area contributed by atoms with Gasteiger partial charge in [0, 0.05) is 45.0 Å². The molecule has 4 heterocycles. The average Bonchev–Trinajstić information content (AvgIpc) is 2.83. The number of pyridine rings is 3. The molecule has 4 rings (SSSR count). The number of fused-ring (bicyclic) bond motifs is 1. The van der Waals surface area contributed by atoms with Gasteiger partial charge in [0.05, 0.1) is 46.5 Å². The lowest BCUT2D eigenvalue weighted by molar-refractivity contribution is 0.0958. The lowest BCUT2D eigenvalue weighted by Crippen LogP contribution is -2.53. The van der Waals surface area contributed by atoms with Gasteiger partial charge in [0.25, 0.3) is 11.5 Å². The number of nitrogens with zero attached hydrogens (tertiary/aromatic N) is 5. The number of rotatable bonds is 6. The Morgan fingerprint density at radius 3 is 2.82 bits per heavy atom. The normalized spacial score (nSPS) is 16.4. The largest absolute Gasteiger partial charge is 0.364 e. The number of nitrogens with one attached hydrogen (secondary N) is 2. The van der Waals surface area contributed by atoms with Crippen LogP contribution in [0.1, 0.15) is 35.0 Å². The Hall–Kier alpha value is -3.48. The van der Waals surface area contributed by atoms with Gasteiger partial charge >= 0.3 is 0 Å². The van der Waals surface area contributed by atoms with Crippen molar-refractivity contribution in [2.24, 2.45) is 0 Å². The van der Waals surface area contributed by atoms with Gasteiger partial charge < -0.3 is 15.2 Å². The van der Waals surface area contributed by atoms with Crippen molar-refractivity contribution in [3.05, 3.63) is 62.8 Å². The molecule has 0 aliphatic carbocycles. The monoisotopic (exact) mass is 479 g/mol. The highest BCUT2D eigenvalue weighted by Gasteiger charge is 2.28. The fraction of sp³-hybridized carbons (Fsp3) is 0.375. The first kappa shape index (κ1) is 23.7. The summed E-state index contributed by atoms with van der Waals surface area (Å²) in [6.45, 7) is 4.72. The number of H-pyrrole nitrogens is 1. The van der Waals surface area contributed by atoms with E-state index in [1.165, 1.54) is 7.05 Å². The molecule has 2 N–H and O–H groups in total.